The predicted octanol–water partition coefficient (Wildman–Crippen LogP) is 10.7. The number of hydrogen-bond acceptors (Lipinski definition) is 1. The second-order valence-corrected chi connectivity index (χ2v) is 11.3. The van der Waals surface area contributed by atoms with E-state index in [1.54, 1.807) is 0 Å². The van der Waals surface area contributed by atoms with Gasteiger partial charge in [-0.2, -0.15) is 22.0 Å². The Morgan fingerprint density at radius 1 is 0.800 bits per heavy atom. The van der Waals surface area contributed by atoms with Crippen LogP contribution >= 0.6 is 0 Å². The van der Waals surface area contributed by atoms with E-state index in [-0.39, 0.29) is 18.8 Å². The lowest BCUT2D eigenvalue weighted by molar-refractivity contribution is -0.223. The second kappa shape index (κ2) is 13.3. The van der Waals surface area contributed by atoms with Gasteiger partial charge in [0.1, 0.15) is 11.6 Å². The number of halogens is 6. The number of rotatable bonds is 9. The third-order valence-corrected chi connectivity index (χ3v) is 8.46. The molecule has 7 heteroatoms. The Labute approximate surface area is 233 Å². The van der Waals surface area contributed by atoms with Crippen LogP contribution in [0.2, 0.25) is 0 Å². The topological polar surface area (TPSA) is 9.23 Å². The average molecular weight is 565 g/mol. The van der Waals surface area contributed by atoms with E-state index in [4.69, 9.17) is 4.74 Å². The molecule has 2 aliphatic carbocycles. The molecule has 0 unspecified atom stereocenters. The largest absolute Gasteiger partial charge is 0.432 e. The molecule has 0 N–H and O–H groups in total. The molecule has 0 saturated heterocycles. The van der Waals surface area contributed by atoms with E-state index in [1.165, 1.54) is 11.1 Å². The van der Waals surface area contributed by atoms with E-state index in [2.05, 4.69) is 48.6 Å². The van der Waals surface area contributed by atoms with Gasteiger partial charge in [-0.3, -0.25) is 0 Å². The molecule has 40 heavy (non-hydrogen) atoms. The zero-order valence-electron chi connectivity index (χ0n) is 22.9. The van der Waals surface area contributed by atoms with Crippen molar-refractivity contribution in [2.24, 2.45) is 17.8 Å². The second-order valence-electron chi connectivity index (χ2n) is 11.3. The molecule has 0 bridgehead atoms. The maximum atomic E-state index is 14.7. The van der Waals surface area contributed by atoms with Crippen LogP contribution in [0.5, 0.6) is 5.75 Å². The van der Waals surface area contributed by atoms with Crippen LogP contribution in [0.1, 0.15) is 87.3 Å². The molecule has 0 aliphatic heterocycles. The van der Waals surface area contributed by atoms with Gasteiger partial charge >= 0.3 is 12.3 Å². The molecule has 2 aromatic rings. The molecule has 0 heterocycles. The Balaban J connectivity index is 1.21. The zero-order valence-corrected chi connectivity index (χ0v) is 22.9. The van der Waals surface area contributed by atoms with Crippen LogP contribution in [0.15, 0.2) is 66.8 Å². The van der Waals surface area contributed by atoms with Crippen LogP contribution in [0.3, 0.4) is 0 Å². The third kappa shape index (κ3) is 8.17. The fourth-order valence-electron chi connectivity index (χ4n) is 6.01. The summed E-state index contributed by atoms with van der Waals surface area (Å²) in [5.41, 5.74) is 1.28. The molecular weight excluding hydrogens is 526 g/mol. The molecule has 4 rings (SSSR count). The first-order valence-electron chi connectivity index (χ1n) is 14.4. The molecule has 0 amide bonds. The van der Waals surface area contributed by atoms with Crippen LogP contribution in [-0.2, 0) is 12.6 Å². The first-order valence-corrected chi connectivity index (χ1v) is 14.4. The average Bonchev–Trinajstić information content (AvgIpc) is 2.92. The van der Waals surface area contributed by atoms with Gasteiger partial charge in [-0.1, -0.05) is 48.6 Å². The molecule has 2 saturated carbocycles. The van der Waals surface area contributed by atoms with Crippen molar-refractivity contribution in [2.75, 3.05) is 0 Å². The van der Waals surface area contributed by atoms with E-state index in [0.717, 1.165) is 44.6 Å². The Hall–Kier alpha value is -2.70. The number of benzene rings is 2. The lowest BCUT2D eigenvalue weighted by Crippen LogP contribution is -2.37. The highest BCUT2D eigenvalue weighted by atomic mass is 19.4. The summed E-state index contributed by atoms with van der Waals surface area (Å²) in [6.45, 7) is 2.04. The van der Waals surface area contributed by atoms with Gasteiger partial charge in [0.05, 0.1) is 11.5 Å². The van der Waals surface area contributed by atoms with Crippen LogP contribution in [0, 0.1) is 23.6 Å². The molecule has 1 nitrogen and oxygen atoms in total. The maximum absolute atomic E-state index is 14.7. The minimum absolute atomic E-state index is 0.225. The van der Waals surface area contributed by atoms with Crippen molar-refractivity contribution in [1.82, 2.24) is 0 Å². The number of allylic oxidation sites excluding steroid dienone is 4. The number of hydrogen-bond donors (Lipinski definition) is 0. The molecular formula is C33H38F6O. The summed E-state index contributed by atoms with van der Waals surface area (Å²) >= 11 is 0. The summed E-state index contributed by atoms with van der Waals surface area (Å²) in [5, 5.41) is 0. The summed E-state index contributed by atoms with van der Waals surface area (Å²) in [4.78, 5) is 0. The van der Waals surface area contributed by atoms with Crippen LogP contribution in [-0.4, -0.2) is 6.11 Å². The fraction of sp³-hybridized carbons (Fsp3) is 0.515. The molecule has 218 valence electrons. The van der Waals surface area contributed by atoms with Crippen molar-refractivity contribution in [2.45, 2.75) is 89.3 Å². The van der Waals surface area contributed by atoms with E-state index in [9.17, 15) is 26.3 Å². The van der Waals surface area contributed by atoms with Gasteiger partial charge in [-0.05, 0) is 112 Å². The Kier molecular flexibility index (Phi) is 10.1. The van der Waals surface area contributed by atoms with Crippen molar-refractivity contribution >= 4 is 0 Å². The van der Waals surface area contributed by atoms with Crippen LogP contribution < -0.4 is 4.74 Å². The van der Waals surface area contributed by atoms with Crippen molar-refractivity contribution in [3.8, 4) is 5.75 Å². The molecule has 0 atom stereocenters. The monoisotopic (exact) mass is 564 g/mol. The minimum Gasteiger partial charge on any atom is -0.432 e. The van der Waals surface area contributed by atoms with E-state index in [0.29, 0.717) is 36.8 Å². The lowest BCUT2D eigenvalue weighted by atomic mass is 9.77. The SMILES string of the molecule is C/C=C/CCc1ccc(C2CCC(/C=C/C3CCC(C(F)(F)Oc4ccc(C(F)(F)F)c(F)c4)CC3)CC2)cc1. The number of ether oxygens (including phenoxy) is 1. The molecule has 0 spiro atoms. The van der Waals surface area contributed by atoms with Gasteiger partial charge in [0.15, 0.2) is 0 Å². The van der Waals surface area contributed by atoms with Crippen molar-refractivity contribution in [3.63, 3.8) is 0 Å². The summed E-state index contributed by atoms with van der Waals surface area (Å²) in [6, 6.07) is 10.6. The van der Waals surface area contributed by atoms with Gasteiger partial charge in [0, 0.05) is 6.07 Å². The predicted molar refractivity (Wildman–Crippen MR) is 146 cm³/mol. The highest BCUT2D eigenvalue weighted by Gasteiger charge is 2.44. The highest BCUT2D eigenvalue weighted by molar-refractivity contribution is 5.31. The first-order chi connectivity index (χ1) is 19.0. The van der Waals surface area contributed by atoms with E-state index in [1.807, 2.05) is 6.92 Å². The summed E-state index contributed by atoms with van der Waals surface area (Å²) in [6.07, 6.45) is 8.58. The molecule has 0 aromatic heterocycles. The van der Waals surface area contributed by atoms with Crippen LogP contribution in [0.25, 0.3) is 0 Å². The van der Waals surface area contributed by atoms with Crippen molar-refractivity contribution in [1.29, 1.82) is 0 Å². The van der Waals surface area contributed by atoms with Gasteiger partial charge < -0.3 is 4.74 Å². The first kappa shape index (κ1) is 30.3. The lowest BCUT2D eigenvalue weighted by Gasteiger charge is -2.33. The summed E-state index contributed by atoms with van der Waals surface area (Å²) in [7, 11) is 0. The third-order valence-electron chi connectivity index (χ3n) is 8.46. The highest BCUT2D eigenvalue weighted by Crippen LogP contribution is 2.42. The van der Waals surface area contributed by atoms with Gasteiger partial charge in [0.2, 0.25) is 0 Å². The standard InChI is InChI=1S/C33H38F6O/c1-2-3-4-5-23-8-14-26(15-9-23)27-16-10-24(11-17-27)6-7-25-12-18-28(19-13-25)33(38,39)40-29-20-21-30(31(34)22-29)32(35,36)37/h2-3,6-9,14-15,20-22,24-25,27-28H,4-5,10-13,16-19H2,1H3/b3-2+,7-6+. The number of aryl methyl sites for hydroxylation is 1. The van der Waals surface area contributed by atoms with Crippen molar-refractivity contribution in [3.05, 3.63) is 89.3 Å². The Bertz CT molecular complexity index is 1130. The van der Waals surface area contributed by atoms with Crippen LogP contribution in [0.4, 0.5) is 26.3 Å². The van der Waals surface area contributed by atoms with Gasteiger partial charge in [0.25, 0.3) is 0 Å². The molecule has 0 radical (unpaired) electrons. The summed E-state index contributed by atoms with van der Waals surface area (Å²) < 4.78 is 86.1. The minimum atomic E-state index is -4.89. The van der Waals surface area contributed by atoms with Gasteiger partial charge in [-0.25, -0.2) is 4.39 Å². The quantitative estimate of drug-likeness (QED) is 0.217. The van der Waals surface area contributed by atoms with Crippen molar-refractivity contribution < 1.29 is 31.1 Å². The normalized spacial score (nSPS) is 24.6. The maximum Gasteiger partial charge on any atom is 0.419 e. The Morgan fingerprint density at radius 2 is 1.40 bits per heavy atom. The van der Waals surface area contributed by atoms with Gasteiger partial charge in [-0.15, -0.1) is 0 Å². The Morgan fingerprint density at radius 3 is 1.95 bits per heavy atom. The van der Waals surface area contributed by atoms with E-state index >= 15 is 0 Å². The molecule has 2 aliphatic rings. The molecule has 2 fully saturated rings. The molecule has 2 aromatic carbocycles. The van der Waals surface area contributed by atoms with E-state index < -0.39 is 35.3 Å². The smallest absolute Gasteiger partial charge is 0.419 e. The zero-order chi connectivity index (χ0) is 28.8. The summed E-state index contributed by atoms with van der Waals surface area (Å²) in [5.74, 6) is -1.97. The fourth-order valence-corrected chi connectivity index (χ4v) is 6.01. The number of alkyl halides is 5.